The highest BCUT2D eigenvalue weighted by Gasteiger charge is 2.26. The minimum atomic E-state index is 0.155. The summed E-state index contributed by atoms with van der Waals surface area (Å²) < 4.78 is 0. The lowest BCUT2D eigenvalue weighted by molar-refractivity contribution is -0.105. The van der Waals surface area contributed by atoms with Crippen LogP contribution < -0.4 is 0 Å². The maximum atomic E-state index is 10.4. The Balaban J connectivity index is 2.80. The summed E-state index contributed by atoms with van der Waals surface area (Å²) in [7, 11) is 0. The number of aldehydes is 1. The van der Waals surface area contributed by atoms with Crippen LogP contribution in [-0.2, 0) is 4.79 Å². The van der Waals surface area contributed by atoms with Crippen molar-refractivity contribution < 1.29 is 4.79 Å². The van der Waals surface area contributed by atoms with Gasteiger partial charge in [-0.1, -0.05) is 19.9 Å². The third kappa shape index (κ3) is 1.04. The van der Waals surface area contributed by atoms with Crippen LogP contribution in [0.1, 0.15) is 26.7 Å². The van der Waals surface area contributed by atoms with Crippen molar-refractivity contribution in [1.82, 2.24) is 0 Å². The first-order valence-corrected chi connectivity index (χ1v) is 3.32. The molecule has 9 heavy (non-hydrogen) atoms. The van der Waals surface area contributed by atoms with Crippen LogP contribution in [0.15, 0.2) is 11.6 Å². The third-order valence-electron chi connectivity index (χ3n) is 2.04. The topological polar surface area (TPSA) is 17.1 Å². The molecule has 1 heteroatoms. The van der Waals surface area contributed by atoms with Gasteiger partial charge in [-0.25, -0.2) is 0 Å². The Bertz CT molecular complexity index is 154. The number of hydrogen-bond acceptors (Lipinski definition) is 1. The van der Waals surface area contributed by atoms with Crippen molar-refractivity contribution in [3.05, 3.63) is 11.6 Å². The number of carbonyl (C=O) groups excluding carboxylic acids is 1. The van der Waals surface area contributed by atoms with Gasteiger partial charge < -0.3 is 0 Å². The largest absolute Gasteiger partial charge is 0.298 e. The number of carbonyl (C=O) groups is 1. The second kappa shape index (κ2) is 1.98. The summed E-state index contributed by atoms with van der Waals surface area (Å²) in [6.07, 6.45) is 5.21. The normalized spacial score (nSPS) is 23.6. The van der Waals surface area contributed by atoms with Gasteiger partial charge in [0.05, 0.1) is 0 Å². The van der Waals surface area contributed by atoms with E-state index in [-0.39, 0.29) is 5.41 Å². The van der Waals surface area contributed by atoms with E-state index in [4.69, 9.17) is 0 Å². The molecule has 0 N–H and O–H groups in total. The Morgan fingerprint density at radius 3 is 2.56 bits per heavy atom. The molecule has 1 aliphatic rings. The van der Waals surface area contributed by atoms with Crippen molar-refractivity contribution in [3.63, 3.8) is 0 Å². The molecular formula is C8H12O. The SMILES string of the molecule is CC1(C)CCC=C1C=O. The van der Waals surface area contributed by atoms with E-state index in [1.165, 1.54) is 0 Å². The Hall–Kier alpha value is -0.590. The summed E-state index contributed by atoms with van der Waals surface area (Å²) in [5.74, 6) is 0. The molecule has 0 atom stereocenters. The summed E-state index contributed by atoms with van der Waals surface area (Å²) in [5, 5.41) is 0. The van der Waals surface area contributed by atoms with Gasteiger partial charge in [0.15, 0.2) is 0 Å². The number of hydrogen-bond donors (Lipinski definition) is 0. The predicted octanol–water partition coefficient (Wildman–Crippen LogP) is 1.93. The zero-order chi connectivity index (χ0) is 6.91. The van der Waals surface area contributed by atoms with E-state index in [1.54, 1.807) is 0 Å². The summed E-state index contributed by atoms with van der Waals surface area (Å²) in [6.45, 7) is 4.22. The van der Waals surface area contributed by atoms with Crippen molar-refractivity contribution in [1.29, 1.82) is 0 Å². The van der Waals surface area contributed by atoms with Gasteiger partial charge in [0.1, 0.15) is 6.29 Å². The highest BCUT2D eigenvalue weighted by molar-refractivity contribution is 5.75. The minimum Gasteiger partial charge on any atom is -0.298 e. The van der Waals surface area contributed by atoms with E-state index >= 15 is 0 Å². The highest BCUT2D eigenvalue weighted by Crippen LogP contribution is 2.36. The van der Waals surface area contributed by atoms with Gasteiger partial charge in [-0.05, 0) is 23.8 Å². The smallest absolute Gasteiger partial charge is 0.146 e. The molecule has 0 aromatic rings. The summed E-state index contributed by atoms with van der Waals surface area (Å²) in [4.78, 5) is 10.4. The zero-order valence-corrected chi connectivity index (χ0v) is 5.98. The lowest BCUT2D eigenvalue weighted by atomic mass is 9.87. The van der Waals surface area contributed by atoms with E-state index in [0.29, 0.717) is 0 Å². The molecule has 0 saturated heterocycles. The van der Waals surface area contributed by atoms with Gasteiger partial charge in [-0.3, -0.25) is 4.79 Å². The first kappa shape index (κ1) is 6.53. The fraction of sp³-hybridized carbons (Fsp3) is 0.625. The second-order valence-electron chi connectivity index (χ2n) is 3.20. The quantitative estimate of drug-likeness (QED) is 0.488. The maximum absolute atomic E-state index is 10.4. The standard InChI is InChI=1S/C8H12O/c1-8(2)5-3-4-7(8)6-9/h4,6H,3,5H2,1-2H3. The lowest BCUT2D eigenvalue weighted by Gasteiger charge is -2.17. The van der Waals surface area contributed by atoms with Gasteiger partial charge in [0.25, 0.3) is 0 Å². The molecule has 0 aromatic carbocycles. The first-order chi connectivity index (χ1) is 4.17. The summed E-state index contributed by atoms with van der Waals surface area (Å²) >= 11 is 0. The van der Waals surface area contributed by atoms with Crippen molar-refractivity contribution in [2.75, 3.05) is 0 Å². The van der Waals surface area contributed by atoms with Crippen LogP contribution in [0.4, 0.5) is 0 Å². The molecule has 0 heterocycles. The van der Waals surface area contributed by atoms with E-state index in [0.717, 1.165) is 24.7 Å². The van der Waals surface area contributed by atoms with E-state index in [9.17, 15) is 4.79 Å². The average molecular weight is 124 g/mol. The molecule has 0 amide bonds. The second-order valence-corrected chi connectivity index (χ2v) is 3.20. The lowest BCUT2D eigenvalue weighted by Crippen LogP contribution is -2.10. The summed E-state index contributed by atoms with van der Waals surface area (Å²) in [6, 6.07) is 0. The van der Waals surface area contributed by atoms with Crippen LogP contribution in [0.5, 0.6) is 0 Å². The highest BCUT2D eigenvalue weighted by atomic mass is 16.1. The van der Waals surface area contributed by atoms with Gasteiger partial charge >= 0.3 is 0 Å². The molecule has 1 rings (SSSR count). The molecule has 50 valence electrons. The molecular weight excluding hydrogens is 112 g/mol. The Kier molecular flexibility index (Phi) is 1.43. The first-order valence-electron chi connectivity index (χ1n) is 3.32. The molecule has 0 saturated carbocycles. The van der Waals surface area contributed by atoms with Crippen molar-refractivity contribution in [2.45, 2.75) is 26.7 Å². The fourth-order valence-electron chi connectivity index (χ4n) is 1.22. The van der Waals surface area contributed by atoms with Crippen molar-refractivity contribution >= 4 is 6.29 Å². The Morgan fingerprint density at radius 1 is 1.67 bits per heavy atom. The third-order valence-corrected chi connectivity index (χ3v) is 2.04. The number of rotatable bonds is 1. The maximum Gasteiger partial charge on any atom is 0.146 e. The molecule has 0 fully saturated rings. The molecule has 0 unspecified atom stereocenters. The van der Waals surface area contributed by atoms with Crippen LogP contribution >= 0.6 is 0 Å². The van der Waals surface area contributed by atoms with E-state index < -0.39 is 0 Å². The minimum absolute atomic E-state index is 0.155. The Morgan fingerprint density at radius 2 is 2.33 bits per heavy atom. The molecule has 0 radical (unpaired) electrons. The average Bonchev–Trinajstić information content (AvgIpc) is 2.08. The van der Waals surface area contributed by atoms with Gasteiger partial charge in [-0.15, -0.1) is 0 Å². The molecule has 0 aromatic heterocycles. The van der Waals surface area contributed by atoms with E-state index in [1.807, 2.05) is 6.08 Å². The summed E-state index contributed by atoms with van der Waals surface area (Å²) in [5.41, 5.74) is 1.13. The molecule has 0 aliphatic heterocycles. The fourth-order valence-corrected chi connectivity index (χ4v) is 1.22. The van der Waals surface area contributed by atoms with Crippen LogP contribution in [0, 0.1) is 5.41 Å². The van der Waals surface area contributed by atoms with Crippen molar-refractivity contribution in [3.8, 4) is 0 Å². The zero-order valence-electron chi connectivity index (χ0n) is 5.98. The van der Waals surface area contributed by atoms with Crippen LogP contribution in [0.3, 0.4) is 0 Å². The molecule has 0 spiro atoms. The van der Waals surface area contributed by atoms with Gasteiger partial charge in [0, 0.05) is 0 Å². The van der Waals surface area contributed by atoms with E-state index in [2.05, 4.69) is 13.8 Å². The van der Waals surface area contributed by atoms with Crippen LogP contribution in [-0.4, -0.2) is 6.29 Å². The molecule has 1 aliphatic carbocycles. The number of allylic oxidation sites excluding steroid dienone is 2. The molecule has 0 bridgehead atoms. The van der Waals surface area contributed by atoms with Gasteiger partial charge in [0.2, 0.25) is 0 Å². The van der Waals surface area contributed by atoms with Crippen LogP contribution in [0.2, 0.25) is 0 Å². The van der Waals surface area contributed by atoms with Gasteiger partial charge in [-0.2, -0.15) is 0 Å². The monoisotopic (exact) mass is 124 g/mol. The van der Waals surface area contributed by atoms with Crippen molar-refractivity contribution in [2.24, 2.45) is 5.41 Å². The Labute approximate surface area is 55.8 Å². The predicted molar refractivity (Wildman–Crippen MR) is 37.2 cm³/mol. The molecule has 1 nitrogen and oxygen atoms in total. The van der Waals surface area contributed by atoms with Crippen LogP contribution in [0.25, 0.3) is 0 Å².